The maximum absolute atomic E-state index is 11.4. The first-order valence-corrected chi connectivity index (χ1v) is 8.03. The van der Waals surface area contributed by atoms with Crippen LogP contribution in [-0.2, 0) is 19.0 Å². The molecule has 0 aliphatic heterocycles. The second-order valence-electron chi connectivity index (χ2n) is 5.05. The van der Waals surface area contributed by atoms with Crippen molar-refractivity contribution in [1.29, 1.82) is 0 Å². The van der Waals surface area contributed by atoms with Crippen LogP contribution in [0.15, 0.2) is 0 Å². The number of unbranched alkanes of at least 4 members (excludes halogenated alkanes) is 6. The van der Waals surface area contributed by atoms with Gasteiger partial charge in [-0.2, -0.15) is 0 Å². The predicted octanol–water partition coefficient (Wildman–Crippen LogP) is 3.72. The number of carbonyl (C=O) groups is 1. The Morgan fingerprint density at radius 1 is 0.800 bits per heavy atom. The van der Waals surface area contributed by atoms with Crippen molar-refractivity contribution in [3.05, 3.63) is 0 Å². The van der Waals surface area contributed by atoms with E-state index in [1.807, 2.05) is 0 Å². The summed E-state index contributed by atoms with van der Waals surface area (Å²) in [5.74, 6) is -0.105. The average Bonchev–Trinajstić information content (AvgIpc) is 2.45. The van der Waals surface area contributed by atoms with Gasteiger partial charge in [0.25, 0.3) is 0 Å². The highest BCUT2D eigenvalue weighted by molar-refractivity contribution is 5.69. The minimum absolute atomic E-state index is 0.105. The van der Waals surface area contributed by atoms with Gasteiger partial charge in [0.05, 0.1) is 19.8 Å². The predicted molar refractivity (Wildman–Crippen MR) is 80.9 cm³/mol. The molecular formula is C16H32O4. The highest BCUT2D eigenvalue weighted by Crippen LogP contribution is 2.07. The molecule has 0 radical (unpaired) electrons. The molecule has 0 saturated carbocycles. The number of ether oxygens (including phenoxy) is 3. The van der Waals surface area contributed by atoms with Crippen LogP contribution in [0, 0.1) is 0 Å². The van der Waals surface area contributed by atoms with Gasteiger partial charge >= 0.3 is 5.97 Å². The van der Waals surface area contributed by atoms with Crippen molar-refractivity contribution in [2.24, 2.45) is 0 Å². The van der Waals surface area contributed by atoms with Gasteiger partial charge in [-0.1, -0.05) is 45.4 Å². The van der Waals surface area contributed by atoms with Crippen LogP contribution in [0.5, 0.6) is 0 Å². The van der Waals surface area contributed by atoms with Gasteiger partial charge in [-0.15, -0.1) is 0 Å². The molecule has 20 heavy (non-hydrogen) atoms. The van der Waals surface area contributed by atoms with Gasteiger partial charge in [-0.3, -0.25) is 4.79 Å². The van der Waals surface area contributed by atoms with Crippen molar-refractivity contribution < 1.29 is 19.0 Å². The lowest BCUT2D eigenvalue weighted by molar-refractivity contribution is -0.144. The van der Waals surface area contributed by atoms with Crippen LogP contribution in [0.2, 0.25) is 0 Å². The van der Waals surface area contributed by atoms with E-state index < -0.39 is 0 Å². The van der Waals surface area contributed by atoms with Crippen molar-refractivity contribution in [3.63, 3.8) is 0 Å². The summed E-state index contributed by atoms with van der Waals surface area (Å²) in [6.45, 7) is 4.57. The SMILES string of the molecule is CCCCCCCCCOC(=O)CCCOCCOC. The molecular weight excluding hydrogens is 256 g/mol. The third kappa shape index (κ3) is 15.4. The van der Waals surface area contributed by atoms with Crippen LogP contribution in [-0.4, -0.2) is 39.5 Å². The van der Waals surface area contributed by atoms with Gasteiger partial charge in [0, 0.05) is 20.1 Å². The zero-order valence-electron chi connectivity index (χ0n) is 13.3. The van der Waals surface area contributed by atoms with Gasteiger partial charge in [-0.05, 0) is 12.8 Å². The highest BCUT2D eigenvalue weighted by Gasteiger charge is 2.02. The Morgan fingerprint density at radius 2 is 1.50 bits per heavy atom. The molecule has 0 aromatic carbocycles. The molecule has 120 valence electrons. The fourth-order valence-corrected chi connectivity index (χ4v) is 1.88. The largest absolute Gasteiger partial charge is 0.466 e. The first-order valence-electron chi connectivity index (χ1n) is 8.03. The first-order chi connectivity index (χ1) is 9.81. The summed E-state index contributed by atoms with van der Waals surface area (Å²) in [6, 6.07) is 0. The third-order valence-corrected chi connectivity index (χ3v) is 3.11. The van der Waals surface area contributed by atoms with Crippen LogP contribution in [0.1, 0.15) is 64.7 Å². The molecule has 0 aliphatic carbocycles. The number of hydrogen-bond acceptors (Lipinski definition) is 4. The summed E-state index contributed by atoms with van der Waals surface area (Å²) in [6.07, 6.45) is 9.83. The van der Waals surface area contributed by atoms with Crippen LogP contribution >= 0.6 is 0 Å². The minimum Gasteiger partial charge on any atom is -0.466 e. The topological polar surface area (TPSA) is 44.8 Å². The maximum Gasteiger partial charge on any atom is 0.305 e. The van der Waals surface area contributed by atoms with Gasteiger partial charge in [-0.25, -0.2) is 0 Å². The molecule has 0 saturated heterocycles. The molecule has 4 nitrogen and oxygen atoms in total. The third-order valence-electron chi connectivity index (χ3n) is 3.11. The second kappa shape index (κ2) is 16.4. The molecule has 0 heterocycles. The van der Waals surface area contributed by atoms with E-state index in [9.17, 15) is 4.79 Å². The zero-order chi connectivity index (χ0) is 14.9. The Labute approximate surface area is 124 Å². The van der Waals surface area contributed by atoms with Crippen molar-refractivity contribution in [2.75, 3.05) is 33.5 Å². The molecule has 0 unspecified atom stereocenters. The van der Waals surface area contributed by atoms with Crippen LogP contribution < -0.4 is 0 Å². The second-order valence-corrected chi connectivity index (χ2v) is 5.05. The van der Waals surface area contributed by atoms with Crippen molar-refractivity contribution in [1.82, 2.24) is 0 Å². The molecule has 4 heteroatoms. The molecule has 0 atom stereocenters. The summed E-state index contributed by atoms with van der Waals surface area (Å²) in [7, 11) is 1.64. The maximum atomic E-state index is 11.4. The van der Waals surface area contributed by atoms with Gasteiger partial charge in [0.15, 0.2) is 0 Å². The number of esters is 1. The fourth-order valence-electron chi connectivity index (χ4n) is 1.88. The minimum atomic E-state index is -0.105. The zero-order valence-corrected chi connectivity index (χ0v) is 13.3. The van der Waals surface area contributed by atoms with E-state index in [0.717, 1.165) is 19.3 Å². The Hall–Kier alpha value is -0.610. The van der Waals surface area contributed by atoms with E-state index in [4.69, 9.17) is 14.2 Å². The van der Waals surface area contributed by atoms with Gasteiger partial charge in [0.2, 0.25) is 0 Å². The molecule has 0 aromatic rings. The smallest absolute Gasteiger partial charge is 0.305 e. The molecule has 0 rings (SSSR count). The molecule has 0 amide bonds. The van der Waals surface area contributed by atoms with E-state index in [1.165, 1.54) is 32.1 Å². The summed E-state index contributed by atoms with van der Waals surface area (Å²) < 4.78 is 15.3. The van der Waals surface area contributed by atoms with Crippen molar-refractivity contribution >= 4 is 5.97 Å². The molecule has 0 spiro atoms. The van der Waals surface area contributed by atoms with Crippen molar-refractivity contribution in [2.45, 2.75) is 64.7 Å². The number of hydrogen-bond donors (Lipinski definition) is 0. The Kier molecular flexibility index (Phi) is 15.9. The normalized spacial score (nSPS) is 10.7. The molecule has 0 fully saturated rings. The lowest BCUT2D eigenvalue weighted by Crippen LogP contribution is -2.08. The lowest BCUT2D eigenvalue weighted by Gasteiger charge is -2.05. The van der Waals surface area contributed by atoms with Crippen LogP contribution in [0.3, 0.4) is 0 Å². The Morgan fingerprint density at radius 3 is 2.20 bits per heavy atom. The average molecular weight is 288 g/mol. The summed E-state index contributed by atoms with van der Waals surface area (Å²) in [4.78, 5) is 11.4. The van der Waals surface area contributed by atoms with Crippen molar-refractivity contribution in [3.8, 4) is 0 Å². The van der Waals surface area contributed by atoms with Gasteiger partial charge < -0.3 is 14.2 Å². The van der Waals surface area contributed by atoms with Crippen LogP contribution in [0.25, 0.3) is 0 Å². The van der Waals surface area contributed by atoms with Crippen LogP contribution in [0.4, 0.5) is 0 Å². The highest BCUT2D eigenvalue weighted by atomic mass is 16.5. The number of methoxy groups -OCH3 is 1. The number of rotatable bonds is 15. The quantitative estimate of drug-likeness (QED) is 0.340. The molecule has 0 N–H and O–H groups in total. The summed E-state index contributed by atoms with van der Waals surface area (Å²) in [5.41, 5.74) is 0. The molecule has 0 bridgehead atoms. The first kappa shape index (κ1) is 19.4. The van der Waals surface area contributed by atoms with E-state index >= 15 is 0 Å². The molecule has 0 aromatic heterocycles. The summed E-state index contributed by atoms with van der Waals surface area (Å²) in [5, 5.41) is 0. The van der Waals surface area contributed by atoms with E-state index in [0.29, 0.717) is 32.8 Å². The lowest BCUT2D eigenvalue weighted by atomic mass is 10.1. The Balaban J connectivity index is 3.12. The Bertz CT molecular complexity index is 207. The van der Waals surface area contributed by atoms with E-state index in [1.54, 1.807) is 7.11 Å². The standard InChI is InChI=1S/C16H32O4/c1-3-4-5-6-7-8-9-13-20-16(17)11-10-12-19-15-14-18-2/h3-15H2,1-2H3. The fraction of sp³-hybridized carbons (Fsp3) is 0.938. The number of carbonyl (C=O) groups excluding carboxylic acids is 1. The monoisotopic (exact) mass is 288 g/mol. The summed E-state index contributed by atoms with van der Waals surface area (Å²) >= 11 is 0. The van der Waals surface area contributed by atoms with E-state index in [-0.39, 0.29) is 5.97 Å². The van der Waals surface area contributed by atoms with Gasteiger partial charge in [0.1, 0.15) is 0 Å². The molecule has 0 aliphatic rings. The van der Waals surface area contributed by atoms with E-state index in [2.05, 4.69) is 6.92 Å².